The van der Waals surface area contributed by atoms with Gasteiger partial charge >= 0.3 is 0 Å². The maximum absolute atomic E-state index is 11.0. The van der Waals surface area contributed by atoms with Crippen LogP contribution in [0.3, 0.4) is 0 Å². The van der Waals surface area contributed by atoms with Crippen molar-refractivity contribution in [2.45, 2.75) is 51.5 Å². The molecule has 0 bridgehead atoms. The van der Waals surface area contributed by atoms with Crippen molar-refractivity contribution >= 4 is 17.3 Å². The molecule has 1 fully saturated rings. The van der Waals surface area contributed by atoms with Gasteiger partial charge in [0.05, 0.1) is 17.1 Å². The number of hydrogen-bond donors (Lipinski definition) is 2. The molecule has 2 N–H and O–H groups in total. The third-order valence-electron chi connectivity index (χ3n) is 3.77. The fraction of sp³-hybridized carbons (Fsp3) is 0.643. The first-order valence-corrected chi connectivity index (χ1v) is 7.21. The van der Waals surface area contributed by atoms with Crippen LogP contribution in [0.25, 0.3) is 0 Å². The standard InChI is InChI=1S/C14H22N4O2/c1-3-15-12-9-11(18(19)20)10-13(16-12)17-14(2)7-5-4-6-8-14/h9-10H,3-8H2,1-2H3,(H2,15,16,17). The van der Waals surface area contributed by atoms with Crippen LogP contribution in [0.15, 0.2) is 12.1 Å². The molecule has 20 heavy (non-hydrogen) atoms. The van der Waals surface area contributed by atoms with Gasteiger partial charge in [0, 0.05) is 12.1 Å². The van der Waals surface area contributed by atoms with Crippen LogP contribution in [0.2, 0.25) is 0 Å². The average Bonchev–Trinajstić information content (AvgIpc) is 2.39. The summed E-state index contributed by atoms with van der Waals surface area (Å²) in [6, 6.07) is 2.98. The minimum atomic E-state index is -0.378. The Hall–Kier alpha value is -1.85. The Labute approximate surface area is 119 Å². The van der Waals surface area contributed by atoms with Crippen molar-refractivity contribution in [3.63, 3.8) is 0 Å². The van der Waals surface area contributed by atoms with E-state index in [-0.39, 0.29) is 16.1 Å². The van der Waals surface area contributed by atoms with E-state index < -0.39 is 0 Å². The monoisotopic (exact) mass is 278 g/mol. The van der Waals surface area contributed by atoms with Crippen molar-refractivity contribution < 1.29 is 4.92 Å². The lowest BCUT2D eigenvalue weighted by Crippen LogP contribution is -2.37. The third kappa shape index (κ3) is 3.59. The molecule has 1 saturated carbocycles. The van der Waals surface area contributed by atoms with Crippen LogP contribution in [0.4, 0.5) is 17.3 Å². The lowest BCUT2D eigenvalue weighted by molar-refractivity contribution is -0.384. The molecule has 6 heteroatoms. The summed E-state index contributed by atoms with van der Waals surface area (Å²) < 4.78 is 0. The summed E-state index contributed by atoms with van der Waals surface area (Å²) in [4.78, 5) is 15.0. The molecule has 2 rings (SSSR count). The van der Waals surface area contributed by atoms with Gasteiger partial charge in [0.2, 0.25) is 0 Å². The first-order valence-electron chi connectivity index (χ1n) is 7.21. The molecule has 0 saturated heterocycles. The second kappa shape index (κ2) is 6.07. The van der Waals surface area contributed by atoms with E-state index in [1.165, 1.54) is 31.4 Å². The van der Waals surface area contributed by atoms with Crippen molar-refractivity contribution in [3.05, 3.63) is 22.2 Å². The van der Waals surface area contributed by atoms with Crippen LogP contribution < -0.4 is 10.6 Å². The van der Waals surface area contributed by atoms with Crippen molar-refractivity contribution in [3.8, 4) is 0 Å². The van der Waals surface area contributed by atoms with Gasteiger partial charge < -0.3 is 10.6 Å². The van der Waals surface area contributed by atoms with Gasteiger partial charge in [-0.2, -0.15) is 0 Å². The summed E-state index contributed by atoms with van der Waals surface area (Å²) in [6.07, 6.45) is 5.81. The van der Waals surface area contributed by atoms with Gasteiger partial charge in [0.1, 0.15) is 11.6 Å². The molecule has 0 unspecified atom stereocenters. The Balaban J connectivity index is 2.23. The SMILES string of the molecule is CCNc1cc([N+](=O)[O-])cc(NC2(C)CCCCC2)n1. The van der Waals surface area contributed by atoms with Crippen molar-refractivity contribution in [1.82, 2.24) is 4.98 Å². The highest BCUT2D eigenvalue weighted by Gasteiger charge is 2.27. The van der Waals surface area contributed by atoms with E-state index in [1.54, 1.807) is 0 Å². The van der Waals surface area contributed by atoms with Crippen molar-refractivity contribution in [1.29, 1.82) is 0 Å². The number of aromatic nitrogens is 1. The maximum atomic E-state index is 11.0. The van der Waals surface area contributed by atoms with Crippen LogP contribution in [-0.4, -0.2) is 22.0 Å². The molecule has 0 atom stereocenters. The topological polar surface area (TPSA) is 80.1 Å². The first kappa shape index (κ1) is 14.6. The van der Waals surface area contributed by atoms with Gasteiger partial charge in [-0.1, -0.05) is 19.3 Å². The number of nitrogens with one attached hydrogen (secondary N) is 2. The number of pyridine rings is 1. The summed E-state index contributed by atoms with van der Waals surface area (Å²) in [7, 11) is 0. The van der Waals surface area contributed by atoms with Crippen LogP contribution in [-0.2, 0) is 0 Å². The molecule has 6 nitrogen and oxygen atoms in total. The molecule has 0 spiro atoms. The Morgan fingerprint density at radius 1 is 1.30 bits per heavy atom. The van der Waals surface area contributed by atoms with Crippen molar-refractivity contribution in [2.24, 2.45) is 0 Å². The first-order chi connectivity index (χ1) is 9.52. The van der Waals surface area contributed by atoms with E-state index in [4.69, 9.17) is 0 Å². The van der Waals surface area contributed by atoms with E-state index in [2.05, 4.69) is 22.5 Å². The normalized spacial score (nSPS) is 17.5. The van der Waals surface area contributed by atoms with E-state index >= 15 is 0 Å². The predicted molar refractivity (Wildman–Crippen MR) is 80.2 cm³/mol. The maximum Gasteiger partial charge on any atom is 0.276 e. The van der Waals surface area contributed by atoms with Crippen molar-refractivity contribution in [2.75, 3.05) is 17.2 Å². The van der Waals surface area contributed by atoms with Gasteiger partial charge in [0.25, 0.3) is 5.69 Å². The Morgan fingerprint density at radius 2 is 1.95 bits per heavy atom. The van der Waals surface area contributed by atoms with E-state index in [9.17, 15) is 10.1 Å². The van der Waals surface area contributed by atoms with Gasteiger partial charge in [-0.05, 0) is 26.7 Å². The zero-order valence-electron chi connectivity index (χ0n) is 12.1. The van der Waals surface area contributed by atoms with E-state index in [0.717, 1.165) is 12.8 Å². The lowest BCUT2D eigenvalue weighted by atomic mass is 9.83. The lowest BCUT2D eigenvalue weighted by Gasteiger charge is -2.35. The van der Waals surface area contributed by atoms with Crippen LogP contribution >= 0.6 is 0 Å². The van der Waals surface area contributed by atoms with Gasteiger partial charge in [-0.3, -0.25) is 10.1 Å². The molecule has 1 heterocycles. The van der Waals surface area contributed by atoms with Crippen LogP contribution in [0.1, 0.15) is 46.0 Å². The molecule has 0 aliphatic heterocycles. The molecule has 0 amide bonds. The number of anilines is 2. The number of hydrogen-bond acceptors (Lipinski definition) is 5. The predicted octanol–water partition coefficient (Wildman–Crippen LogP) is 3.56. The largest absolute Gasteiger partial charge is 0.370 e. The smallest absolute Gasteiger partial charge is 0.276 e. The number of nitro groups is 1. The molecular weight excluding hydrogens is 256 g/mol. The average molecular weight is 278 g/mol. The zero-order chi connectivity index (χ0) is 14.6. The summed E-state index contributed by atoms with van der Waals surface area (Å²) in [5.74, 6) is 1.13. The molecular formula is C14H22N4O2. The Morgan fingerprint density at radius 3 is 2.55 bits per heavy atom. The second-order valence-electron chi connectivity index (χ2n) is 5.63. The molecule has 110 valence electrons. The molecule has 1 aromatic rings. The van der Waals surface area contributed by atoms with E-state index in [0.29, 0.717) is 18.2 Å². The van der Waals surface area contributed by atoms with Crippen LogP contribution in [0.5, 0.6) is 0 Å². The minimum Gasteiger partial charge on any atom is -0.370 e. The fourth-order valence-electron chi connectivity index (χ4n) is 2.72. The minimum absolute atomic E-state index is 0.00996. The molecule has 0 aromatic carbocycles. The molecule has 1 aliphatic rings. The third-order valence-corrected chi connectivity index (χ3v) is 3.77. The van der Waals surface area contributed by atoms with E-state index in [1.807, 2.05) is 6.92 Å². The highest BCUT2D eigenvalue weighted by molar-refractivity contribution is 5.55. The number of nitrogens with zero attached hydrogens (tertiary/aromatic N) is 2. The van der Waals surface area contributed by atoms with Gasteiger partial charge in [0.15, 0.2) is 0 Å². The summed E-state index contributed by atoms with van der Waals surface area (Å²) >= 11 is 0. The molecule has 0 radical (unpaired) electrons. The summed E-state index contributed by atoms with van der Waals surface area (Å²) in [5.41, 5.74) is 0.0575. The summed E-state index contributed by atoms with van der Waals surface area (Å²) in [6.45, 7) is 4.79. The highest BCUT2D eigenvalue weighted by Crippen LogP contribution is 2.32. The summed E-state index contributed by atoms with van der Waals surface area (Å²) in [5, 5.41) is 17.4. The molecule has 1 aliphatic carbocycles. The quantitative estimate of drug-likeness (QED) is 0.636. The molecule has 1 aromatic heterocycles. The van der Waals surface area contributed by atoms with Gasteiger partial charge in [-0.15, -0.1) is 0 Å². The highest BCUT2D eigenvalue weighted by atomic mass is 16.6. The second-order valence-corrected chi connectivity index (χ2v) is 5.63. The fourth-order valence-corrected chi connectivity index (χ4v) is 2.72. The zero-order valence-corrected chi connectivity index (χ0v) is 12.1. The van der Waals surface area contributed by atoms with Gasteiger partial charge in [-0.25, -0.2) is 4.98 Å². The van der Waals surface area contributed by atoms with Crippen LogP contribution in [0, 0.1) is 10.1 Å². The Bertz CT molecular complexity index is 484. The number of rotatable bonds is 5. The Kier molecular flexibility index (Phi) is 4.42.